The molecule has 2 heterocycles. The summed E-state index contributed by atoms with van der Waals surface area (Å²) in [4.78, 5) is 0. The summed E-state index contributed by atoms with van der Waals surface area (Å²) < 4.78 is 33.2. The Kier molecular flexibility index (Phi) is 7.93. The highest BCUT2D eigenvalue weighted by Gasteiger charge is 2.30. The molecule has 6 nitrogen and oxygen atoms in total. The van der Waals surface area contributed by atoms with E-state index >= 15 is 0 Å². The van der Waals surface area contributed by atoms with Gasteiger partial charge in [-0.3, -0.25) is 4.52 Å². The van der Waals surface area contributed by atoms with Crippen LogP contribution in [0.4, 0.5) is 0 Å². The maximum atomic E-state index is 6.96. The molecule has 226 valence electrons. The lowest BCUT2D eigenvalue weighted by atomic mass is 9.97. The van der Waals surface area contributed by atoms with Crippen molar-refractivity contribution in [3.63, 3.8) is 0 Å². The number of rotatable bonds is 7. The van der Waals surface area contributed by atoms with Crippen LogP contribution in [0.25, 0.3) is 43.9 Å². The van der Waals surface area contributed by atoms with Crippen molar-refractivity contribution in [1.29, 1.82) is 0 Å². The summed E-state index contributed by atoms with van der Waals surface area (Å²) in [6.45, 7) is 0. The largest absolute Gasteiger partial charge is 0.408 e. The topological polar surface area (TPSA) is 73.8 Å². The van der Waals surface area contributed by atoms with E-state index in [1.807, 2.05) is 121 Å². The van der Waals surface area contributed by atoms with Crippen molar-refractivity contribution in [3.05, 3.63) is 169 Å². The first-order valence-corrected chi connectivity index (χ1v) is 17.3. The molecule has 0 bridgehead atoms. The van der Waals surface area contributed by atoms with Crippen LogP contribution in [-0.2, 0) is 0 Å². The fraction of sp³-hybridized carbons (Fsp3) is 0.0526. The van der Waals surface area contributed by atoms with Crippen LogP contribution in [0.2, 0.25) is 0 Å². The van der Waals surface area contributed by atoms with Crippen molar-refractivity contribution < 1.29 is 21.3 Å². The van der Waals surface area contributed by atoms with Crippen molar-refractivity contribution in [2.75, 3.05) is 5.09 Å². The Hall–Kier alpha value is -4.96. The maximum absolute atomic E-state index is 6.96. The molecule has 0 aliphatic rings. The first-order chi connectivity index (χ1) is 22.8. The van der Waals surface area contributed by atoms with Gasteiger partial charge in [0.25, 0.3) is 0 Å². The SMILES string of the molecule is c1ccc([C@@H](Np2oc3ccccc3c3ccccc3o2)[C@@H](Op2oc3ccccc3c3ccccc3o2)c2ccccc2)cc1. The van der Waals surface area contributed by atoms with E-state index in [0.29, 0.717) is 11.2 Å². The molecule has 46 heavy (non-hydrogen) atoms. The molecule has 0 unspecified atom stereocenters. The van der Waals surface area contributed by atoms with Gasteiger partial charge in [-0.25, -0.2) is 5.09 Å². The Morgan fingerprint density at radius 1 is 0.413 bits per heavy atom. The fourth-order valence-electron chi connectivity index (χ4n) is 5.69. The first-order valence-electron chi connectivity index (χ1n) is 15.0. The van der Waals surface area contributed by atoms with E-state index < -0.39 is 28.6 Å². The summed E-state index contributed by atoms with van der Waals surface area (Å²) >= 11 is 0. The number of hydrogen-bond donors (Lipinski definition) is 1. The third-order valence-electron chi connectivity index (χ3n) is 7.87. The second-order valence-electron chi connectivity index (χ2n) is 10.8. The zero-order chi connectivity index (χ0) is 30.7. The van der Waals surface area contributed by atoms with Crippen LogP contribution in [0.5, 0.6) is 0 Å². The van der Waals surface area contributed by atoms with Crippen LogP contribution in [0, 0.1) is 0 Å². The van der Waals surface area contributed by atoms with Crippen molar-refractivity contribution in [2.45, 2.75) is 12.1 Å². The monoisotopic (exact) mass is 641 g/mol. The number of nitrogens with one attached hydrogen (secondary N) is 1. The molecule has 0 aliphatic heterocycles. The van der Waals surface area contributed by atoms with E-state index in [0.717, 1.165) is 43.8 Å². The standard InChI is InChI=1S/C38H29NO5P2/c1-3-15-27(16-4-1)37(39-45-40-33-23-11-7-19-29(33)30-20-8-12-24-34(30)41-45)38(28-17-5-2-6-18-28)44-46-42-35-25-13-9-21-31(35)32-22-10-14-26-36(32)43-46/h1-26,37-39H/t37-,38+/m1/s1. The Balaban J connectivity index is 1.32. The van der Waals surface area contributed by atoms with Crippen molar-refractivity contribution in [1.82, 2.24) is 0 Å². The van der Waals surface area contributed by atoms with Gasteiger partial charge in [0.1, 0.15) is 28.4 Å². The second-order valence-corrected chi connectivity index (χ2v) is 12.9. The molecule has 0 saturated heterocycles. The molecule has 0 spiro atoms. The lowest BCUT2D eigenvalue weighted by Crippen LogP contribution is -2.22. The summed E-state index contributed by atoms with van der Waals surface area (Å²) in [5.74, 6) is 0. The average molecular weight is 642 g/mol. The van der Waals surface area contributed by atoms with Crippen molar-refractivity contribution in [2.24, 2.45) is 0 Å². The summed E-state index contributed by atoms with van der Waals surface area (Å²) in [6, 6.07) is 51.9. The normalized spacial score (nSPS) is 12.8. The van der Waals surface area contributed by atoms with Gasteiger partial charge in [0.2, 0.25) is 0 Å². The Morgan fingerprint density at radius 3 is 1.24 bits per heavy atom. The van der Waals surface area contributed by atoms with Gasteiger partial charge < -0.3 is 16.8 Å². The van der Waals surface area contributed by atoms with Crippen LogP contribution in [-0.4, -0.2) is 0 Å². The molecule has 0 aliphatic carbocycles. The summed E-state index contributed by atoms with van der Waals surface area (Å²) in [5, 5.41) is 7.62. The highest BCUT2D eigenvalue weighted by Crippen LogP contribution is 2.44. The van der Waals surface area contributed by atoms with E-state index in [1.54, 1.807) is 0 Å². The van der Waals surface area contributed by atoms with Crippen LogP contribution in [0.1, 0.15) is 23.3 Å². The minimum atomic E-state index is -1.88. The van der Waals surface area contributed by atoms with Gasteiger partial charge in [-0.1, -0.05) is 133 Å². The minimum absolute atomic E-state index is 0.407. The van der Waals surface area contributed by atoms with Crippen LogP contribution in [0.15, 0.2) is 175 Å². The van der Waals surface area contributed by atoms with E-state index in [1.165, 1.54) is 0 Å². The second kappa shape index (κ2) is 12.8. The van der Waals surface area contributed by atoms with Gasteiger partial charge in [0, 0.05) is 21.5 Å². The van der Waals surface area contributed by atoms with Gasteiger partial charge in [-0.2, -0.15) is 0 Å². The van der Waals surface area contributed by atoms with Crippen LogP contribution in [0.3, 0.4) is 0 Å². The third kappa shape index (κ3) is 5.76. The number of hydrogen-bond acceptors (Lipinski definition) is 6. The molecule has 2 aromatic heterocycles. The van der Waals surface area contributed by atoms with Gasteiger partial charge in [-0.05, 0) is 35.4 Å². The van der Waals surface area contributed by atoms with Gasteiger partial charge in [-0.15, -0.1) is 0 Å². The zero-order valence-electron chi connectivity index (χ0n) is 24.6. The number of benzene rings is 6. The van der Waals surface area contributed by atoms with E-state index in [-0.39, 0.29) is 0 Å². The molecule has 8 aromatic rings. The Morgan fingerprint density at radius 2 is 0.783 bits per heavy atom. The maximum Gasteiger partial charge on any atom is 0.388 e. The summed E-state index contributed by atoms with van der Waals surface area (Å²) in [5.41, 5.74) is 4.88. The quantitative estimate of drug-likeness (QED) is 0.187. The van der Waals surface area contributed by atoms with Gasteiger partial charge in [0.15, 0.2) is 0 Å². The molecule has 0 saturated carbocycles. The van der Waals surface area contributed by atoms with Crippen LogP contribution < -0.4 is 9.61 Å². The van der Waals surface area contributed by atoms with E-state index in [9.17, 15) is 0 Å². The summed E-state index contributed by atoms with van der Waals surface area (Å²) in [6.07, 6.45) is -0.546. The third-order valence-corrected chi connectivity index (χ3v) is 10.2. The molecule has 1 N–H and O–H groups in total. The molecule has 8 heteroatoms. The fourth-order valence-corrected chi connectivity index (χ4v) is 8.21. The molecule has 0 amide bonds. The number of para-hydroxylation sites is 4. The van der Waals surface area contributed by atoms with E-state index in [4.69, 9.17) is 21.3 Å². The molecule has 6 aromatic carbocycles. The first kappa shape index (κ1) is 28.5. The number of fused-ring (bicyclic) bond motifs is 6. The molecule has 2 atom stereocenters. The van der Waals surface area contributed by atoms with Gasteiger partial charge in [0.05, 0.1) is 6.04 Å². The Labute approximate surface area is 267 Å². The molecule has 0 fully saturated rings. The summed E-state index contributed by atoms with van der Waals surface area (Å²) in [7, 11) is -3.56. The predicted octanol–water partition coefficient (Wildman–Crippen LogP) is 12.0. The van der Waals surface area contributed by atoms with Crippen LogP contribution >= 0.6 is 16.4 Å². The highest BCUT2D eigenvalue weighted by molar-refractivity contribution is 7.38. The molecular weight excluding hydrogens is 612 g/mol. The van der Waals surface area contributed by atoms with E-state index in [2.05, 4.69) is 41.5 Å². The smallest absolute Gasteiger partial charge is 0.388 e. The lowest BCUT2D eigenvalue weighted by molar-refractivity contribution is 0.237. The lowest BCUT2D eigenvalue weighted by Gasteiger charge is -2.26. The van der Waals surface area contributed by atoms with Crippen molar-refractivity contribution >= 4 is 60.3 Å². The Bertz CT molecular complexity index is 2070. The van der Waals surface area contributed by atoms with Gasteiger partial charge >= 0.3 is 16.4 Å². The van der Waals surface area contributed by atoms with Crippen molar-refractivity contribution in [3.8, 4) is 0 Å². The molecular formula is C38H29NO5P2. The molecule has 8 rings (SSSR count). The zero-order valence-corrected chi connectivity index (χ0v) is 26.4. The average Bonchev–Trinajstić information content (AvgIpc) is 3.38. The predicted molar refractivity (Wildman–Crippen MR) is 187 cm³/mol. The molecule has 0 radical (unpaired) electrons. The highest BCUT2D eigenvalue weighted by atomic mass is 31.1. The minimum Gasteiger partial charge on any atom is -0.408 e.